The van der Waals surface area contributed by atoms with E-state index in [9.17, 15) is 0 Å². The van der Waals surface area contributed by atoms with Crippen LogP contribution in [0.4, 0.5) is 11.6 Å². The van der Waals surface area contributed by atoms with E-state index in [2.05, 4.69) is 15.3 Å². The van der Waals surface area contributed by atoms with Gasteiger partial charge in [-0.3, -0.25) is 0 Å². The van der Waals surface area contributed by atoms with Gasteiger partial charge in [0.1, 0.15) is 0 Å². The molecular weight excluding hydrogens is 272 g/mol. The second kappa shape index (κ2) is 7.25. The Kier molecular flexibility index (Phi) is 4.88. The number of aromatic nitrogens is 2. The molecule has 1 saturated carbocycles. The van der Waals surface area contributed by atoms with Crippen LogP contribution in [0.2, 0.25) is 0 Å². The monoisotopic (exact) mass is 296 g/mol. The van der Waals surface area contributed by atoms with Crippen molar-refractivity contribution in [1.29, 1.82) is 0 Å². The summed E-state index contributed by atoms with van der Waals surface area (Å²) in [6.07, 6.45) is 9.98. The summed E-state index contributed by atoms with van der Waals surface area (Å²) in [5.41, 5.74) is 8.52. The van der Waals surface area contributed by atoms with Crippen molar-refractivity contribution in [2.75, 3.05) is 17.6 Å². The molecule has 1 aromatic carbocycles. The molecular formula is C18H24N4. The van der Waals surface area contributed by atoms with E-state index >= 15 is 0 Å². The summed E-state index contributed by atoms with van der Waals surface area (Å²) < 4.78 is 0. The van der Waals surface area contributed by atoms with Crippen LogP contribution in [-0.4, -0.2) is 16.5 Å². The highest BCUT2D eigenvalue weighted by atomic mass is 15.1. The maximum atomic E-state index is 5.84. The van der Waals surface area contributed by atoms with E-state index in [0.29, 0.717) is 5.95 Å². The molecule has 0 atom stereocenters. The lowest BCUT2D eigenvalue weighted by Gasteiger charge is -2.21. The van der Waals surface area contributed by atoms with Gasteiger partial charge in [0.25, 0.3) is 0 Å². The van der Waals surface area contributed by atoms with Gasteiger partial charge in [-0.1, -0.05) is 44.2 Å². The van der Waals surface area contributed by atoms with Crippen LogP contribution >= 0.6 is 0 Å². The normalized spacial score (nSPS) is 15.6. The Balaban J connectivity index is 1.59. The number of nitrogen functional groups attached to an aromatic ring is 1. The highest BCUT2D eigenvalue weighted by Gasteiger charge is 2.12. The van der Waals surface area contributed by atoms with Crippen molar-refractivity contribution in [2.45, 2.75) is 38.5 Å². The number of rotatable bonds is 5. The van der Waals surface area contributed by atoms with Gasteiger partial charge in [-0.05, 0) is 30.5 Å². The molecule has 3 N–H and O–H groups in total. The minimum absolute atomic E-state index is 0.704. The molecule has 0 amide bonds. The molecule has 22 heavy (non-hydrogen) atoms. The van der Waals surface area contributed by atoms with E-state index in [4.69, 9.17) is 5.73 Å². The molecule has 1 aromatic heterocycles. The first kappa shape index (κ1) is 14.8. The molecule has 0 spiro atoms. The molecule has 1 aliphatic carbocycles. The van der Waals surface area contributed by atoms with E-state index in [0.717, 1.165) is 29.4 Å². The number of nitrogens with two attached hydrogens (primary N) is 1. The number of anilines is 2. The Labute approximate surface area is 132 Å². The summed E-state index contributed by atoms with van der Waals surface area (Å²) in [6, 6.07) is 9.71. The van der Waals surface area contributed by atoms with Crippen LogP contribution in [0.25, 0.3) is 11.3 Å². The second-order valence-electron chi connectivity index (χ2n) is 6.11. The second-order valence-corrected chi connectivity index (χ2v) is 6.11. The standard InChI is InChI=1S/C18H24N4/c19-16-8-4-7-15(13-16)17-10-12-21-18(22-17)20-11-9-14-5-2-1-3-6-14/h4,7-8,10,12-14H,1-3,5-6,9,11,19H2,(H,20,21,22). The largest absolute Gasteiger partial charge is 0.399 e. The minimum atomic E-state index is 0.704. The van der Waals surface area contributed by atoms with Crippen molar-refractivity contribution >= 4 is 11.6 Å². The van der Waals surface area contributed by atoms with Gasteiger partial charge in [0, 0.05) is 24.0 Å². The van der Waals surface area contributed by atoms with Gasteiger partial charge in [-0.25, -0.2) is 9.97 Å². The lowest BCUT2D eigenvalue weighted by molar-refractivity contribution is 0.345. The van der Waals surface area contributed by atoms with Gasteiger partial charge in [0.05, 0.1) is 5.69 Å². The van der Waals surface area contributed by atoms with Gasteiger partial charge in [-0.15, -0.1) is 0 Å². The van der Waals surface area contributed by atoms with E-state index in [-0.39, 0.29) is 0 Å². The van der Waals surface area contributed by atoms with Gasteiger partial charge in [-0.2, -0.15) is 0 Å². The number of nitrogens with one attached hydrogen (secondary N) is 1. The van der Waals surface area contributed by atoms with Crippen LogP contribution in [0.3, 0.4) is 0 Å². The van der Waals surface area contributed by atoms with Crippen molar-refractivity contribution in [2.24, 2.45) is 5.92 Å². The molecule has 116 valence electrons. The van der Waals surface area contributed by atoms with Crippen LogP contribution < -0.4 is 11.1 Å². The van der Waals surface area contributed by atoms with Crippen LogP contribution in [0.1, 0.15) is 38.5 Å². The Morgan fingerprint density at radius 2 is 2.00 bits per heavy atom. The fourth-order valence-corrected chi connectivity index (χ4v) is 3.17. The highest BCUT2D eigenvalue weighted by molar-refractivity contribution is 5.64. The number of hydrogen-bond donors (Lipinski definition) is 2. The predicted molar refractivity (Wildman–Crippen MR) is 91.6 cm³/mol. The zero-order chi connectivity index (χ0) is 15.2. The Morgan fingerprint density at radius 1 is 1.14 bits per heavy atom. The Hall–Kier alpha value is -2.10. The van der Waals surface area contributed by atoms with Gasteiger partial charge >= 0.3 is 0 Å². The fraction of sp³-hybridized carbons (Fsp3) is 0.444. The van der Waals surface area contributed by atoms with E-state index in [1.54, 1.807) is 6.20 Å². The molecule has 0 bridgehead atoms. The average Bonchev–Trinajstić information content (AvgIpc) is 2.56. The average molecular weight is 296 g/mol. The van der Waals surface area contributed by atoms with E-state index in [1.165, 1.54) is 38.5 Å². The number of benzene rings is 1. The molecule has 4 nitrogen and oxygen atoms in total. The predicted octanol–water partition coefficient (Wildman–Crippen LogP) is 4.11. The molecule has 1 aliphatic rings. The van der Waals surface area contributed by atoms with E-state index in [1.807, 2.05) is 30.3 Å². The van der Waals surface area contributed by atoms with Crippen molar-refractivity contribution in [1.82, 2.24) is 9.97 Å². The first-order valence-electron chi connectivity index (χ1n) is 8.24. The molecule has 4 heteroatoms. The number of hydrogen-bond acceptors (Lipinski definition) is 4. The lowest BCUT2D eigenvalue weighted by Crippen LogP contribution is -2.13. The summed E-state index contributed by atoms with van der Waals surface area (Å²) in [7, 11) is 0. The van der Waals surface area contributed by atoms with Crippen molar-refractivity contribution in [3.05, 3.63) is 36.5 Å². The lowest BCUT2D eigenvalue weighted by atomic mass is 9.87. The smallest absolute Gasteiger partial charge is 0.223 e. The molecule has 1 heterocycles. The van der Waals surface area contributed by atoms with Crippen LogP contribution in [0.15, 0.2) is 36.5 Å². The quantitative estimate of drug-likeness (QED) is 0.815. The summed E-state index contributed by atoms with van der Waals surface area (Å²) in [6.45, 7) is 0.949. The molecule has 1 fully saturated rings. The maximum absolute atomic E-state index is 5.84. The maximum Gasteiger partial charge on any atom is 0.223 e. The van der Waals surface area contributed by atoms with Gasteiger partial charge < -0.3 is 11.1 Å². The zero-order valence-electron chi connectivity index (χ0n) is 13.0. The molecule has 0 unspecified atom stereocenters. The third-order valence-corrected chi connectivity index (χ3v) is 4.40. The first-order valence-corrected chi connectivity index (χ1v) is 8.24. The summed E-state index contributed by atoms with van der Waals surface area (Å²) in [4.78, 5) is 8.91. The summed E-state index contributed by atoms with van der Waals surface area (Å²) in [5.74, 6) is 1.58. The van der Waals surface area contributed by atoms with E-state index < -0.39 is 0 Å². The molecule has 0 aliphatic heterocycles. The topological polar surface area (TPSA) is 63.8 Å². The zero-order valence-corrected chi connectivity index (χ0v) is 13.0. The van der Waals surface area contributed by atoms with Crippen LogP contribution in [0.5, 0.6) is 0 Å². The molecule has 3 rings (SSSR count). The highest BCUT2D eigenvalue weighted by Crippen LogP contribution is 2.26. The van der Waals surface area contributed by atoms with Crippen LogP contribution in [-0.2, 0) is 0 Å². The van der Waals surface area contributed by atoms with Gasteiger partial charge in [0.15, 0.2) is 0 Å². The molecule has 0 saturated heterocycles. The number of nitrogens with zero attached hydrogens (tertiary/aromatic N) is 2. The minimum Gasteiger partial charge on any atom is -0.399 e. The third-order valence-electron chi connectivity index (χ3n) is 4.40. The molecule has 0 radical (unpaired) electrons. The SMILES string of the molecule is Nc1cccc(-c2ccnc(NCCC3CCCCC3)n2)c1. The third kappa shape index (κ3) is 3.97. The fourth-order valence-electron chi connectivity index (χ4n) is 3.17. The van der Waals surface area contributed by atoms with Crippen molar-refractivity contribution in [3.63, 3.8) is 0 Å². The summed E-state index contributed by atoms with van der Waals surface area (Å²) in [5, 5.41) is 3.36. The first-order chi connectivity index (χ1) is 10.8. The Bertz CT molecular complexity index is 606. The molecule has 2 aromatic rings. The Morgan fingerprint density at radius 3 is 2.82 bits per heavy atom. The van der Waals surface area contributed by atoms with Gasteiger partial charge in [0.2, 0.25) is 5.95 Å². The summed E-state index contributed by atoms with van der Waals surface area (Å²) >= 11 is 0. The van der Waals surface area contributed by atoms with Crippen molar-refractivity contribution in [3.8, 4) is 11.3 Å². The van der Waals surface area contributed by atoms with Crippen LogP contribution in [0, 0.1) is 5.92 Å². The van der Waals surface area contributed by atoms with Crippen molar-refractivity contribution < 1.29 is 0 Å².